The van der Waals surface area contributed by atoms with Gasteiger partial charge in [-0.05, 0) is 25.0 Å². The lowest BCUT2D eigenvalue weighted by atomic mass is 9.90. The molecular weight excluding hydrogens is 337 g/mol. The van der Waals surface area contributed by atoms with Crippen LogP contribution < -0.4 is 5.73 Å². The van der Waals surface area contributed by atoms with Gasteiger partial charge in [-0.3, -0.25) is 4.79 Å². The number of rotatable bonds is 2. The second-order valence-electron chi connectivity index (χ2n) is 6.53. The summed E-state index contributed by atoms with van der Waals surface area (Å²) in [5.41, 5.74) is 6.34. The number of piperidine rings is 1. The highest BCUT2D eigenvalue weighted by molar-refractivity contribution is 6.05. The van der Waals surface area contributed by atoms with Gasteiger partial charge in [-0.25, -0.2) is 9.88 Å². The molecule has 2 bridgehead atoms. The van der Waals surface area contributed by atoms with E-state index >= 15 is 0 Å². The fourth-order valence-corrected chi connectivity index (χ4v) is 4.09. The standard InChI is InChI=1S/C16H17F3N4O2/c17-16(18,19)23-10-4-9(5-11(23)8-25-7-10)22-6-13(14(20)24)12-2-1-3-21-15(12)22/h1-3,6,9-11H,4-5,7-8H2,(H2,20,24). The molecule has 1 amide bonds. The van der Waals surface area contributed by atoms with Crippen LogP contribution in [0.1, 0.15) is 29.2 Å². The molecule has 6 nitrogen and oxygen atoms in total. The molecule has 0 saturated carbocycles. The zero-order valence-electron chi connectivity index (χ0n) is 13.2. The molecule has 4 heterocycles. The fraction of sp³-hybridized carbons (Fsp3) is 0.500. The normalized spacial score (nSPS) is 27.6. The number of amides is 1. The third-order valence-electron chi connectivity index (χ3n) is 5.04. The predicted octanol–water partition coefficient (Wildman–Crippen LogP) is 2.06. The Hall–Kier alpha value is -2.13. The van der Waals surface area contributed by atoms with Crippen molar-refractivity contribution >= 4 is 16.9 Å². The van der Waals surface area contributed by atoms with Gasteiger partial charge in [0, 0.05) is 35.9 Å². The fourth-order valence-electron chi connectivity index (χ4n) is 4.09. The first-order valence-electron chi connectivity index (χ1n) is 8.04. The van der Waals surface area contributed by atoms with Gasteiger partial charge in [0.1, 0.15) is 5.65 Å². The van der Waals surface area contributed by atoms with Crippen LogP contribution in [0.25, 0.3) is 11.0 Å². The topological polar surface area (TPSA) is 73.4 Å². The summed E-state index contributed by atoms with van der Waals surface area (Å²) in [5.74, 6) is -0.576. The minimum Gasteiger partial charge on any atom is -0.378 e. The molecule has 2 N–H and O–H groups in total. The molecule has 25 heavy (non-hydrogen) atoms. The molecule has 2 aliphatic heterocycles. The summed E-state index contributed by atoms with van der Waals surface area (Å²) in [6.45, 7) is 0.0869. The molecule has 0 aliphatic carbocycles. The Kier molecular flexibility index (Phi) is 3.73. The van der Waals surface area contributed by atoms with Gasteiger partial charge in [0.05, 0.1) is 18.8 Å². The van der Waals surface area contributed by atoms with Gasteiger partial charge in [0.15, 0.2) is 0 Å². The van der Waals surface area contributed by atoms with Crippen LogP contribution in [0.4, 0.5) is 13.2 Å². The first kappa shape index (κ1) is 16.3. The van der Waals surface area contributed by atoms with Crippen LogP contribution in [0.5, 0.6) is 0 Å². The number of primary amides is 1. The van der Waals surface area contributed by atoms with E-state index in [9.17, 15) is 18.0 Å². The highest BCUT2D eigenvalue weighted by Crippen LogP contribution is 2.41. The Morgan fingerprint density at radius 1 is 1.24 bits per heavy atom. The van der Waals surface area contributed by atoms with Crippen LogP contribution in [0, 0.1) is 0 Å². The van der Waals surface area contributed by atoms with Gasteiger partial charge < -0.3 is 15.0 Å². The number of pyridine rings is 1. The first-order valence-corrected chi connectivity index (χ1v) is 8.04. The molecule has 2 unspecified atom stereocenters. The van der Waals surface area contributed by atoms with E-state index in [2.05, 4.69) is 4.98 Å². The second kappa shape index (κ2) is 5.70. The number of ether oxygens (including phenoxy) is 1. The van der Waals surface area contributed by atoms with E-state index in [1.165, 1.54) is 0 Å². The molecule has 4 rings (SSSR count). The molecule has 0 radical (unpaired) electrons. The number of nitrogens with zero attached hydrogens (tertiary/aromatic N) is 3. The number of nitrogens with two attached hydrogens (primary N) is 1. The zero-order chi connectivity index (χ0) is 17.8. The van der Waals surface area contributed by atoms with Crippen molar-refractivity contribution in [2.75, 3.05) is 13.2 Å². The van der Waals surface area contributed by atoms with Crippen LogP contribution in [0.15, 0.2) is 24.5 Å². The Balaban J connectivity index is 1.73. The van der Waals surface area contributed by atoms with Crippen molar-refractivity contribution in [3.63, 3.8) is 0 Å². The van der Waals surface area contributed by atoms with Crippen molar-refractivity contribution in [2.45, 2.75) is 37.3 Å². The van der Waals surface area contributed by atoms with Crippen molar-refractivity contribution in [3.8, 4) is 0 Å². The van der Waals surface area contributed by atoms with Crippen molar-refractivity contribution < 1.29 is 22.7 Å². The molecule has 134 valence electrons. The highest BCUT2D eigenvalue weighted by atomic mass is 19.4. The van der Waals surface area contributed by atoms with E-state index in [-0.39, 0.29) is 32.1 Å². The summed E-state index contributed by atoms with van der Waals surface area (Å²) >= 11 is 0. The van der Waals surface area contributed by atoms with E-state index in [4.69, 9.17) is 10.5 Å². The Morgan fingerprint density at radius 2 is 1.92 bits per heavy atom. The summed E-state index contributed by atoms with van der Waals surface area (Å²) < 4.78 is 47.2. The van der Waals surface area contributed by atoms with Crippen molar-refractivity contribution in [3.05, 3.63) is 30.1 Å². The maximum atomic E-state index is 13.3. The third kappa shape index (κ3) is 2.67. The number of fused-ring (bicyclic) bond motifs is 3. The van der Waals surface area contributed by atoms with Gasteiger partial charge >= 0.3 is 6.30 Å². The average molecular weight is 354 g/mol. The van der Waals surface area contributed by atoms with Gasteiger partial charge in [-0.15, -0.1) is 0 Å². The summed E-state index contributed by atoms with van der Waals surface area (Å²) in [7, 11) is 0. The largest absolute Gasteiger partial charge is 0.460 e. The molecule has 2 aromatic heterocycles. The zero-order valence-corrected chi connectivity index (χ0v) is 13.2. The van der Waals surface area contributed by atoms with Crippen molar-refractivity contribution in [1.82, 2.24) is 14.5 Å². The summed E-state index contributed by atoms with van der Waals surface area (Å²) in [6, 6.07) is 1.77. The van der Waals surface area contributed by atoms with Crippen molar-refractivity contribution in [2.24, 2.45) is 5.73 Å². The van der Waals surface area contributed by atoms with Crippen LogP contribution in [-0.4, -0.2) is 52.0 Å². The predicted molar refractivity (Wildman–Crippen MR) is 82.8 cm³/mol. The first-order chi connectivity index (χ1) is 11.9. The molecule has 2 fully saturated rings. The van der Waals surface area contributed by atoms with E-state index in [0.29, 0.717) is 21.5 Å². The summed E-state index contributed by atoms with van der Waals surface area (Å²) in [4.78, 5) is 16.6. The van der Waals surface area contributed by atoms with Gasteiger partial charge in [0.25, 0.3) is 5.91 Å². The van der Waals surface area contributed by atoms with Gasteiger partial charge in [-0.1, -0.05) is 0 Å². The second-order valence-corrected chi connectivity index (χ2v) is 6.53. The Bertz CT molecular complexity index is 805. The van der Waals surface area contributed by atoms with Crippen LogP contribution >= 0.6 is 0 Å². The number of carbonyl (C=O) groups excluding carboxylic acids is 1. The lowest BCUT2D eigenvalue weighted by Gasteiger charge is -2.48. The number of aromatic nitrogens is 2. The number of carbonyl (C=O) groups is 1. The SMILES string of the molecule is NC(=O)c1cn(C2CC3COCC(C2)N3C(F)(F)F)c2ncccc12. The van der Waals surface area contributed by atoms with Crippen LogP contribution in [-0.2, 0) is 4.74 Å². The number of morpholine rings is 1. The molecule has 0 aromatic carbocycles. The number of hydrogen-bond donors (Lipinski definition) is 1. The molecule has 2 saturated heterocycles. The maximum absolute atomic E-state index is 13.3. The van der Waals surface area contributed by atoms with Crippen LogP contribution in [0.2, 0.25) is 0 Å². The lowest BCUT2D eigenvalue weighted by Crippen LogP contribution is -2.62. The summed E-state index contributed by atoms with van der Waals surface area (Å²) in [6.07, 6.45) is -0.620. The van der Waals surface area contributed by atoms with Gasteiger partial charge in [-0.2, -0.15) is 13.2 Å². The van der Waals surface area contributed by atoms with E-state index in [0.717, 1.165) is 0 Å². The Labute approximate surface area is 141 Å². The molecule has 2 aromatic rings. The quantitative estimate of drug-likeness (QED) is 0.838. The van der Waals surface area contributed by atoms with Crippen molar-refractivity contribution in [1.29, 1.82) is 0 Å². The molecule has 9 heteroatoms. The number of hydrogen-bond acceptors (Lipinski definition) is 4. The third-order valence-corrected chi connectivity index (χ3v) is 5.04. The smallest absolute Gasteiger partial charge is 0.378 e. The highest BCUT2D eigenvalue weighted by Gasteiger charge is 2.52. The maximum Gasteiger partial charge on any atom is 0.460 e. The average Bonchev–Trinajstić information content (AvgIpc) is 2.92. The molecule has 0 spiro atoms. The Morgan fingerprint density at radius 3 is 2.52 bits per heavy atom. The number of halogens is 3. The molecular formula is C16H17F3N4O2. The van der Waals surface area contributed by atoms with Gasteiger partial charge in [0.2, 0.25) is 0 Å². The minimum absolute atomic E-state index is 0.0435. The molecule has 2 atom stereocenters. The lowest BCUT2D eigenvalue weighted by molar-refractivity contribution is -0.302. The van der Waals surface area contributed by atoms with Crippen LogP contribution in [0.3, 0.4) is 0 Å². The van der Waals surface area contributed by atoms with E-state index in [1.807, 2.05) is 0 Å². The molecule has 2 aliphatic rings. The van der Waals surface area contributed by atoms with E-state index < -0.39 is 24.3 Å². The minimum atomic E-state index is -4.38. The monoisotopic (exact) mass is 354 g/mol. The number of alkyl halides is 3. The summed E-state index contributed by atoms with van der Waals surface area (Å²) in [5, 5.41) is 0.620. The van der Waals surface area contributed by atoms with E-state index in [1.54, 1.807) is 29.1 Å².